The monoisotopic (exact) mass is 288 g/mol. The smallest absolute Gasteiger partial charge is 0.247 e. The van der Waals surface area contributed by atoms with Crippen molar-refractivity contribution in [1.29, 1.82) is 0 Å². The van der Waals surface area contributed by atoms with E-state index in [0.717, 1.165) is 33.6 Å². The van der Waals surface area contributed by atoms with Crippen LogP contribution >= 0.6 is 0 Å². The Morgan fingerprint density at radius 2 is 1.77 bits per heavy atom. The maximum Gasteiger partial charge on any atom is 0.247 e. The summed E-state index contributed by atoms with van der Waals surface area (Å²) in [4.78, 5) is 18.5. The third-order valence-electron chi connectivity index (χ3n) is 3.56. The van der Waals surface area contributed by atoms with Gasteiger partial charge in [0.15, 0.2) is 5.58 Å². The lowest BCUT2D eigenvalue weighted by Crippen LogP contribution is -2.01. The van der Waals surface area contributed by atoms with Crippen molar-refractivity contribution in [3.8, 4) is 22.5 Å². The molecular weight excluding hydrogens is 276 g/mol. The van der Waals surface area contributed by atoms with Crippen LogP contribution in [0.2, 0.25) is 0 Å². The van der Waals surface area contributed by atoms with Crippen LogP contribution in [-0.4, -0.2) is 9.97 Å². The number of nitrogens with one attached hydrogen (secondary N) is 1. The second-order valence-electron chi connectivity index (χ2n) is 4.96. The van der Waals surface area contributed by atoms with Gasteiger partial charge in [0.1, 0.15) is 11.3 Å². The summed E-state index contributed by atoms with van der Waals surface area (Å²) in [6, 6.07) is 16.9. The van der Waals surface area contributed by atoms with Gasteiger partial charge in [-0.1, -0.05) is 30.3 Å². The number of pyridine rings is 2. The molecule has 0 atom stereocenters. The number of H-pyrrole nitrogens is 1. The minimum absolute atomic E-state index is 0.134. The molecule has 4 heteroatoms. The largest absolute Gasteiger partial charge is 0.454 e. The zero-order valence-electron chi connectivity index (χ0n) is 11.6. The average molecular weight is 288 g/mol. The molecule has 106 valence electrons. The van der Waals surface area contributed by atoms with E-state index in [4.69, 9.17) is 4.42 Å². The van der Waals surface area contributed by atoms with Gasteiger partial charge in [-0.15, -0.1) is 0 Å². The zero-order valence-corrected chi connectivity index (χ0v) is 11.6. The molecule has 4 aromatic rings. The number of hydrogen-bond acceptors (Lipinski definition) is 3. The van der Waals surface area contributed by atoms with Gasteiger partial charge in [0, 0.05) is 29.6 Å². The van der Waals surface area contributed by atoms with Crippen LogP contribution in [0, 0.1) is 0 Å². The van der Waals surface area contributed by atoms with E-state index >= 15 is 0 Å². The molecule has 0 fully saturated rings. The minimum atomic E-state index is -0.134. The summed E-state index contributed by atoms with van der Waals surface area (Å²) in [7, 11) is 0. The Kier molecular flexibility index (Phi) is 2.86. The molecule has 3 heterocycles. The summed E-state index contributed by atoms with van der Waals surface area (Å²) < 4.78 is 6.02. The maximum atomic E-state index is 11.3. The van der Waals surface area contributed by atoms with Crippen LogP contribution in [0.3, 0.4) is 0 Å². The van der Waals surface area contributed by atoms with E-state index in [1.54, 1.807) is 18.5 Å². The van der Waals surface area contributed by atoms with Crippen molar-refractivity contribution in [3.05, 3.63) is 77.3 Å². The standard InChI is InChI=1S/C18H12N2O2/c21-15-9-8-13(11-20-15)16-17-14(7-4-10-19-17)22-18(16)12-5-2-1-3-6-12/h1-11H,(H,20,21). The van der Waals surface area contributed by atoms with Gasteiger partial charge in [0.05, 0.1) is 5.56 Å². The van der Waals surface area contributed by atoms with Gasteiger partial charge in [0.2, 0.25) is 5.56 Å². The second-order valence-corrected chi connectivity index (χ2v) is 4.96. The Morgan fingerprint density at radius 1 is 0.909 bits per heavy atom. The Hall–Kier alpha value is -3.14. The summed E-state index contributed by atoms with van der Waals surface area (Å²) >= 11 is 0. The fourth-order valence-corrected chi connectivity index (χ4v) is 2.56. The first-order valence-electron chi connectivity index (χ1n) is 6.95. The normalized spacial score (nSPS) is 10.9. The predicted octanol–water partition coefficient (Wildman–Crippen LogP) is 3.85. The Balaban J connectivity index is 2.06. The first-order chi connectivity index (χ1) is 10.8. The van der Waals surface area contributed by atoms with Crippen LogP contribution in [0.4, 0.5) is 0 Å². The molecule has 3 aromatic heterocycles. The van der Waals surface area contributed by atoms with Crippen LogP contribution in [0.5, 0.6) is 0 Å². The summed E-state index contributed by atoms with van der Waals surface area (Å²) in [5, 5.41) is 0. The Labute approximate surface area is 126 Å². The lowest BCUT2D eigenvalue weighted by Gasteiger charge is -2.02. The molecule has 0 amide bonds. The molecular formula is C18H12N2O2. The maximum absolute atomic E-state index is 11.3. The first kappa shape index (κ1) is 12.6. The molecule has 1 N–H and O–H groups in total. The highest BCUT2D eigenvalue weighted by Gasteiger charge is 2.18. The molecule has 0 saturated heterocycles. The number of aromatic amines is 1. The van der Waals surface area contributed by atoms with Crippen LogP contribution in [0.1, 0.15) is 0 Å². The topological polar surface area (TPSA) is 58.9 Å². The van der Waals surface area contributed by atoms with Crippen molar-refractivity contribution in [3.63, 3.8) is 0 Å². The van der Waals surface area contributed by atoms with Gasteiger partial charge in [-0.2, -0.15) is 0 Å². The van der Waals surface area contributed by atoms with E-state index in [1.807, 2.05) is 42.5 Å². The molecule has 1 aromatic carbocycles. The predicted molar refractivity (Wildman–Crippen MR) is 85.5 cm³/mol. The van der Waals surface area contributed by atoms with Crippen molar-refractivity contribution in [2.24, 2.45) is 0 Å². The van der Waals surface area contributed by atoms with E-state index in [0.29, 0.717) is 0 Å². The van der Waals surface area contributed by atoms with E-state index in [9.17, 15) is 4.79 Å². The van der Waals surface area contributed by atoms with Gasteiger partial charge in [-0.05, 0) is 18.2 Å². The number of furan rings is 1. The van der Waals surface area contributed by atoms with Gasteiger partial charge in [-0.25, -0.2) is 0 Å². The molecule has 0 aliphatic rings. The van der Waals surface area contributed by atoms with Crippen LogP contribution in [0.25, 0.3) is 33.6 Å². The summed E-state index contributed by atoms with van der Waals surface area (Å²) in [6.45, 7) is 0. The van der Waals surface area contributed by atoms with Crippen molar-refractivity contribution in [2.75, 3.05) is 0 Å². The number of rotatable bonds is 2. The van der Waals surface area contributed by atoms with Crippen LogP contribution < -0.4 is 5.56 Å². The minimum Gasteiger partial charge on any atom is -0.454 e. The molecule has 0 saturated carbocycles. The molecule has 4 nitrogen and oxygen atoms in total. The highest BCUT2D eigenvalue weighted by atomic mass is 16.3. The van der Waals surface area contributed by atoms with Crippen molar-refractivity contribution < 1.29 is 4.42 Å². The highest BCUT2D eigenvalue weighted by molar-refractivity contribution is 5.99. The number of aromatic nitrogens is 2. The quantitative estimate of drug-likeness (QED) is 0.609. The van der Waals surface area contributed by atoms with Crippen molar-refractivity contribution in [1.82, 2.24) is 9.97 Å². The fraction of sp³-hybridized carbons (Fsp3) is 0. The molecule has 0 spiro atoms. The third-order valence-corrected chi connectivity index (χ3v) is 3.56. The molecule has 0 bridgehead atoms. The van der Waals surface area contributed by atoms with E-state index < -0.39 is 0 Å². The lowest BCUT2D eigenvalue weighted by molar-refractivity contribution is 0.632. The molecule has 0 aliphatic carbocycles. The van der Waals surface area contributed by atoms with Crippen molar-refractivity contribution in [2.45, 2.75) is 0 Å². The number of hydrogen-bond donors (Lipinski definition) is 1. The summed E-state index contributed by atoms with van der Waals surface area (Å²) in [5.74, 6) is 0.751. The molecule has 4 rings (SSSR count). The SMILES string of the molecule is O=c1ccc(-c2c(-c3ccccc3)oc3cccnc23)c[nH]1. The first-order valence-corrected chi connectivity index (χ1v) is 6.95. The number of nitrogens with zero attached hydrogens (tertiary/aromatic N) is 1. The highest BCUT2D eigenvalue weighted by Crippen LogP contribution is 2.39. The zero-order chi connectivity index (χ0) is 14.9. The summed E-state index contributed by atoms with van der Waals surface area (Å²) in [6.07, 6.45) is 3.43. The van der Waals surface area contributed by atoms with E-state index in [1.165, 1.54) is 6.07 Å². The third kappa shape index (κ3) is 2.02. The van der Waals surface area contributed by atoms with Gasteiger partial charge in [-0.3, -0.25) is 9.78 Å². The second kappa shape index (κ2) is 5.00. The van der Waals surface area contributed by atoms with E-state index in [2.05, 4.69) is 9.97 Å². The summed E-state index contributed by atoms with van der Waals surface area (Å²) in [5.41, 5.74) is 4.11. The van der Waals surface area contributed by atoms with Crippen LogP contribution in [0.15, 0.2) is 76.2 Å². The number of benzene rings is 1. The Morgan fingerprint density at radius 3 is 2.55 bits per heavy atom. The van der Waals surface area contributed by atoms with Gasteiger partial charge >= 0.3 is 0 Å². The Bertz CT molecular complexity index is 980. The molecule has 0 unspecified atom stereocenters. The van der Waals surface area contributed by atoms with Gasteiger partial charge < -0.3 is 9.40 Å². The van der Waals surface area contributed by atoms with Crippen molar-refractivity contribution >= 4 is 11.1 Å². The molecule has 0 radical (unpaired) electrons. The molecule has 22 heavy (non-hydrogen) atoms. The average Bonchev–Trinajstić information content (AvgIpc) is 2.96. The fourth-order valence-electron chi connectivity index (χ4n) is 2.56. The van der Waals surface area contributed by atoms with E-state index in [-0.39, 0.29) is 5.56 Å². The van der Waals surface area contributed by atoms with Gasteiger partial charge in [0.25, 0.3) is 0 Å². The molecule has 0 aliphatic heterocycles. The number of fused-ring (bicyclic) bond motifs is 1. The lowest BCUT2D eigenvalue weighted by atomic mass is 10.0. The van der Waals surface area contributed by atoms with Crippen LogP contribution in [-0.2, 0) is 0 Å².